The van der Waals surface area contributed by atoms with Crippen LogP contribution in [0.5, 0.6) is 0 Å². The summed E-state index contributed by atoms with van der Waals surface area (Å²) in [4.78, 5) is 14.4. The fourth-order valence-electron chi connectivity index (χ4n) is 4.69. The highest BCUT2D eigenvalue weighted by Crippen LogP contribution is 2.28. The van der Waals surface area contributed by atoms with Gasteiger partial charge in [0.25, 0.3) is 0 Å². The van der Waals surface area contributed by atoms with Crippen molar-refractivity contribution in [2.24, 2.45) is 10.9 Å². The van der Waals surface area contributed by atoms with Crippen molar-refractivity contribution in [3.8, 4) is 0 Å². The molecule has 0 aliphatic carbocycles. The molecule has 0 spiro atoms. The normalized spacial score (nSPS) is 23.4. The summed E-state index contributed by atoms with van der Waals surface area (Å²) in [7, 11) is 0. The zero-order chi connectivity index (χ0) is 21.5. The third-order valence-electron chi connectivity index (χ3n) is 6.55. The van der Waals surface area contributed by atoms with Crippen molar-refractivity contribution in [2.45, 2.75) is 32.4 Å². The minimum atomic E-state index is 0. The third-order valence-corrected chi connectivity index (χ3v) is 6.55. The van der Waals surface area contributed by atoms with E-state index in [-0.39, 0.29) is 30.0 Å². The van der Waals surface area contributed by atoms with Crippen LogP contribution in [0.4, 0.5) is 0 Å². The van der Waals surface area contributed by atoms with E-state index in [1.165, 1.54) is 5.56 Å². The molecular formula is C24H37IN6O. The number of benzene rings is 1. The van der Waals surface area contributed by atoms with Crippen molar-refractivity contribution < 1.29 is 4.74 Å². The van der Waals surface area contributed by atoms with Crippen LogP contribution >= 0.6 is 24.0 Å². The predicted molar refractivity (Wildman–Crippen MR) is 140 cm³/mol. The van der Waals surface area contributed by atoms with E-state index in [2.05, 4.69) is 75.0 Å². The molecule has 7 nitrogen and oxygen atoms in total. The van der Waals surface area contributed by atoms with E-state index in [0.29, 0.717) is 12.0 Å². The van der Waals surface area contributed by atoms with Gasteiger partial charge in [-0.2, -0.15) is 0 Å². The van der Waals surface area contributed by atoms with Crippen molar-refractivity contribution in [1.29, 1.82) is 0 Å². The minimum absolute atomic E-state index is 0. The van der Waals surface area contributed by atoms with E-state index < -0.39 is 0 Å². The van der Waals surface area contributed by atoms with Crippen LogP contribution in [-0.4, -0.2) is 77.8 Å². The van der Waals surface area contributed by atoms with Gasteiger partial charge in [0.05, 0.1) is 38.2 Å². The molecule has 2 saturated heterocycles. The number of piperidine rings is 1. The maximum Gasteiger partial charge on any atom is 0.194 e. The van der Waals surface area contributed by atoms with Gasteiger partial charge in [0.15, 0.2) is 5.96 Å². The highest BCUT2D eigenvalue weighted by Gasteiger charge is 2.29. The fourth-order valence-corrected chi connectivity index (χ4v) is 4.69. The van der Waals surface area contributed by atoms with Crippen molar-refractivity contribution >= 4 is 29.9 Å². The Hall–Kier alpha value is -1.65. The quantitative estimate of drug-likeness (QED) is 0.338. The Balaban J connectivity index is 0.00000289. The van der Waals surface area contributed by atoms with Gasteiger partial charge in [-0.1, -0.05) is 37.3 Å². The number of guanidine groups is 1. The summed E-state index contributed by atoms with van der Waals surface area (Å²) in [6, 6.07) is 11.5. The number of halogens is 1. The van der Waals surface area contributed by atoms with Gasteiger partial charge < -0.3 is 19.5 Å². The van der Waals surface area contributed by atoms with Gasteiger partial charge in [-0.15, -0.1) is 24.0 Å². The average Bonchev–Trinajstić information content (AvgIpc) is 3.35. The summed E-state index contributed by atoms with van der Waals surface area (Å²) in [6.45, 7) is 11.6. The number of hydrogen-bond acceptors (Lipinski definition) is 4. The molecule has 1 aromatic heterocycles. The van der Waals surface area contributed by atoms with Crippen molar-refractivity contribution in [1.82, 2.24) is 24.7 Å². The van der Waals surface area contributed by atoms with Gasteiger partial charge >= 0.3 is 0 Å². The SMILES string of the molecule is CCNC(=NCC(c1ccccc1)N1CCOCC1)N1CCC(C)C(n2ccnc2)C1.I. The van der Waals surface area contributed by atoms with Gasteiger partial charge in [0.1, 0.15) is 0 Å². The number of nitrogens with zero attached hydrogens (tertiary/aromatic N) is 5. The molecule has 2 aliphatic heterocycles. The number of morpholine rings is 1. The molecule has 0 saturated carbocycles. The summed E-state index contributed by atoms with van der Waals surface area (Å²) in [5, 5.41) is 3.55. The Kier molecular flexibility index (Phi) is 9.80. The minimum Gasteiger partial charge on any atom is -0.379 e. The highest BCUT2D eigenvalue weighted by atomic mass is 127. The van der Waals surface area contributed by atoms with Crippen LogP contribution in [-0.2, 0) is 4.74 Å². The molecular weight excluding hydrogens is 515 g/mol. The average molecular weight is 553 g/mol. The molecule has 2 fully saturated rings. The Morgan fingerprint density at radius 2 is 2.00 bits per heavy atom. The Bertz CT molecular complexity index is 809. The van der Waals surface area contributed by atoms with Crippen LogP contribution in [0, 0.1) is 5.92 Å². The lowest BCUT2D eigenvalue weighted by atomic mass is 9.93. The Labute approximate surface area is 209 Å². The number of ether oxygens (including phenoxy) is 1. The number of aliphatic imine (C=N–C) groups is 1. The van der Waals surface area contributed by atoms with Crippen LogP contribution in [0.15, 0.2) is 54.0 Å². The Morgan fingerprint density at radius 3 is 2.69 bits per heavy atom. The summed E-state index contributed by atoms with van der Waals surface area (Å²) < 4.78 is 7.85. The first-order valence-corrected chi connectivity index (χ1v) is 11.6. The fraction of sp³-hybridized carbons (Fsp3) is 0.583. The molecule has 0 radical (unpaired) electrons. The topological polar surface area (TPSA) is 57.9 Å². The van der Waals surface area contributed by atoms with Crippen molar-refractivity contribution in [2.75, 3.05) is 52.5 Å². The molecule has 8 heteroatoms. The number of likely N-dealkylation sites (tertiary alicyclic amines) is 1. The molecule has 3 heterocycles. The summed E-state index contributed by atoms with van der Waals surface area (Å²) in [5.41, 5.74) is 1.33. The Morgan fingerprint density at radius 1 is 1.22 bits per heavy atom. The molecule has 3 atom stereocenters. The highest BCUT2D eigenvalue weighted by molar-refractivity contribution is 14.0. The molecule has 0 bridgehead atoms. The van der Waals surface area contributed by atoms with Gasteiger partial charge in [0.2, 0.25) is 0 Å². The van der Waals surface area contributed by atoms with Crippen LogP contribution in [0.25, 0.3) is 0 Å². The lowest BCUT2D eigenvalue weighted by molar-refractivity contribution is 0.0179. The van der Waals surface area contributed by atoms with E-state index in [0.717, 1.165) is 64.9 Å². The number of imidazole rings is 1. The van der Waals surface area contributed by atoms with Gasteiger partial charge in [-0.3, -0.25) is 9.89 Å². The van der Waals surface area contributed by atoms with E-state index in [4.69, 9.17) is 9.73 Å². The maximum absolute atomic E-state index is 5.60. The van der Waals surface area contributed by atoms with Crippen LogP contribution < -0.4 is 5.32 Å². The molecule has 3 unspecified atom stereocenters. The van der Waals surface area contributed by atoms with E-state index >= 15 is 0 Å². The maximum atomic E-state index is 5.60. The van der Waals surface area contributed by atoms with E-state index in [1.807, 2.05) is 12.5 Å². The largest absolute Gasteiger partial charge is 0.379 e. The van der Waals surface area contributed by atoms with Gasteiger partial charge in [-0.25, -0.2) is 4.98 Å². The molecule has 0 amide bonds. The summed E-state index contributed by atoms with van der Waals surface area (Å²) in [6.07, 6.45) is 7.05. The van der Waals surface area contributed by atoms with Crippen LogP contribution in [0.3, 0.4) is 0 Å². The van der Waals surface area contributed by atoms with Crippen LogP contribution in [0.2, 0.25) is 0 Å². The second-order valence-electron chi connectivity index (χ2n) is 8.56. The number of nitrogens with one attached hydrogen (secondary N) is 1. The molecule has 4 rings (SSSR count). The van der Waals surface area contributed by atoms with Gasteiger partial charge in [-0.05, 0) is 24.8 Å². The van der Waals surface area contributed by atoms with Gasteiger partial charge in [0, 0.05) is 45.1 Å². The monoisotopic (exact) mass is 552 g/mol. The molecule has 2 aromatic rings. The molecule has 176 valence electrons. The first kappa shape index (κ1) is 25.0. The zero-order valence-electron chi connectivity index (χ0n) is 19.3. The molecule has 1 aromatic carbocycles. The second kappa shape index (κ2) is 12.6. The summed E-state index contributed by atoms with van der Waals surface area (Å²) >= 11 is 0. The standard InChI is InChI=1S/C24H36N6O.HI/c1-3-26-24(29-11-9-20(2)23(18-29)30-12-10-25-19-30)27-17-22(21-7-5-4-6-8-21)28-13-15-31-16-14-28;/h4-8,10,12,19-20,22-23H,3,9,11,13-18H2,1-2H3,(H,26,27);1H. The zero-order valence-corrected chi connectivity index (χ0v) is 21.6. The smallest absolute Gasteiger partial charge is 0.194 e. The van der Waals surface area contributed by atoms with Crippen molar-refractivity contribution in [3.63, 3.8) is 0 Å². The first-order valence-electron chi connectivity index (χ1n) is 11.6. The summed E-state index contributed by atoms with van der Waals surface area (Å²) in [5.74, 6) is 1.65. The predicted octanol–water partition coefficient (Wildman–Crippen LogP) is 3.42. The molecule has 1 N–H and O–H groups in total. The molecule has 2 aliphatic rings. The third kappa shape index (κ3) is 6.23. The second-order valence-corrected chi connectivity index (χ2v) is 8.56. The lowest BCUT2D eigenvalue weighted by Crippen LogP contribution is -2.49. The van der Waals surface area contributed by atoms with Crippen LogP contribution in [0.1, 0.15) is 37.9 Å². The number of rotatable bonds is 6. The lowest BCUT2D eigenvalue weighted by Gasteiger charge is -2.39. The van der Waals surface area contributed by atoms with E-state index in [1.54, 1.807) is 0 Å². The van der Waals surface area contributed by atoms with E-state index in [9.17, 15) is 0 Å². The van der Waals surface area contributed by atoms with Crippen molar-refractivity contribution in [3.05, 3.63) is 54.6 Å². The number of hydrogen-bond donors (Lipinski definition) is 1. The first-order chi connectivity index (χ1) is 15.3. The number of aromatic nitrogens is 2. The molecule has 32 heavy (non-hydrogen) atoms.